The molecule has 31 heavy (non-hydrogen) atoms. The fraction of sp³-hybridized carbons (Fsp3) is 0.111. The number of benzene rings is 2. The molecule has 0 atom stereocenters. The molecule has 0 saturated heterocycles. The Bertz CT molecular complexity index is 1270. The van der Waals surface area contributed by atoms with Crippen molar-refractivity contribution < 1.29 is 52.5 Å². The van der Waals surface area contributed by atoms with Gasteiger partial charge >= 0.3 is 11.9 Å². The van der Waals surface area contributed by atoms with Gasteiger partial charge in [-0.25, -0.2) is 9.59 Å². The first-order valence-corrected chi connectivity index (χ1v) is 8.21. The quantitative estimate of drug-likeness (QED) is 0.150. The van der Waals surface area contributed by atoms with Crippen LogP contribution in [0.5, 0.6) is 0 Å². The molecule has 0 aliphatic heterocycles. The molecular formula is C18H14N4O8Zn. The number of nitrogens with two attached hydrogens (primary N) is 1. The molecule has 0 unspecified atom stereocenters. The van der Waals surface area contributed by atoms with E-state index in [1.165, 1.54) is 32.4 Å². The first kappa shape index (κ1) is 23.4. The van der Waals surface area contributed by atoms with E-state index >= 15 is 0 Å². The van der Waals surface area contributed by atoms with Gasteiger partial charge in [-0.05, 0) is 18.2 Å². The van der Waals surface area contributed by atoms with E-state index < -0.39 is 16.9 Å². The zero-order valence-corrected chi connectivity index (χ0v) is 19.3. The normalized spacial score (nSPS) is 10.0. The second kappa shape index (κ2) is 9.76. The zero-order valence-electron chi connectivity index (χ0n) is 16.4. The Hall–Kier alpha value is -3.86. The van der Waals surface area contributed by atoms with Gasteiger partial charge in [-0.1, -0.05) is 10.3 Å². The van der Waals surface area contributed by atoms with Gasteiger partial charge in [0.1, 0.15) is 0 Å². The number of methoxy groups -OCH3 is 2. The monoisotopic (exact) mass is 478 g/mol. The number of ether oxygens (including phenoxy) is 2. The second-order valence-electron chi connectivity index (χ2n) is 5.74. The minimum absolute atomic E-state index is 0. The van der Waals surface area contributed by atoms with E-state index in [4.69, 9.17) is 14.8 Å². The standard InChI is InChI=1S/C9H6N2O5.C9H8N2O3.Zn/c1-15-9(12)8-6-3-2-5(11(13)14)4-7(6)16-10-8;1-13-9(12)8-6-3-2-5(10)4-7(6)14-11-8;/h2-4H,1H3;2-4H,10H2,1H3;. The summed E-state index contributed by atoms with van der Waals surface area (Å²) in [5, 5.41) is 18.6. The van der Waals surface area contributed by atoms with Gasteiger partial charge in [-0.15, -0.1) is 0 Å². The Morgan fingerprint density at radius 1 is 0.935 bits per heavy atom. The number of hydrogen-bond acceptors (Lipinski definition) is 11. The Balaban J connectivity index is 0.000000215. The zero-order chi connectivity index (χ0) is 21.8. The number of fused-ring (bicyclic) bond motifs is 2. The first-order chi connectivity index (χ1) is 14.3. The van der Waals surface area contributed by atoms with Gasteiger partial charge in [0.15, 0.2) is 22.6 Å². The molecule has 2 N–H and O–H groups in total. The molecule has 2 aromatic heterocycles. The van der Waals surface area contributed by atoms with Gasteiger partial charge < -0.3 is 24.3 Å². The summed E-state index contributed by atoms with van der Waals surface area (Å²) >= 11 is 0. The summed E-state index contributed by atoms with van der Waals surface area (Å²) in [6.45, 7) is 0. The third-order valence-corrected chi connectivity index (χ3v) is 3.92. The molecule has 4 rings (SSSR count). The summed E-state index contributed by atoms with van der Waals surface area (Å²) in [6.07, 6.45) is 0. The topological polar surface area (TPSA) is 174 Å². The van der Waals surface area contributed by atoms with Crippen molar-refractivity contribution in [1.82, 2.24) is 10.3 Å². The van der Waals surface area contributed by atoms with Crippen molar-refractivity contribution in [3.05, 3.63) is 57.9 Å². The van der Waals surface area contributed by atoms with Crippen LogP contribution in [0.25, 0.3) is 21.9 Å². The van der Waals surface area contributed by atoms with E-state index in [2.05, 4.69) is 19.8 Å². The molecule has 0 spiro atoms. The van der Waals surface area contributed by atoms with Crippen LogP contribution in [0.4, 0.5) is 11.4 Å². The third-order valence-electron chi connectivity index (χ3n) is 3.92. The number of carbonyl (C=O) groups excluding carboxylic acids is 2. The average molecular weight is 480 g/mol. The number of aromatic nitrogens is 2. The molecule has 0 fully saturated rings. The van der Waals surface area contributed by atoms with Crippen LogP contribution in [-0.4, -0.2) is 41.4 Å². The van der Waals surface area contributed by atoms with Gasteiger partial charge in [0.25, 0.3) is 5.69 Å². The van der Waals surface area contributed by atoms with Gasteiger partial charge in [0.2, 0.25) is 0 Å². The maximum atomic E-state index is 11.2. The number of hydrogen-bond donors (Lipinski definition) is 1. The van der Waals surface area contributed by atoms with Gasteiger partial charge in [-0.3, -0.25) is 10.1 Å². The Labute approximate surface area is 186 Å². The molecule has 0 radical (unpaired) electrons. The van der Waals surface area contributed by atoms with E-state index in [1.54, 1.807) is 18.2 Å². The van der Waals surface area contributed by atoms with E-state index in [0.717, 1.165) is 0 Å². The number of nitro benzene ring substituents is 1. The van der Waals surface area contributed by atoms with E-state index in [1.807, 2.05) is 0 Å². The molecule has 156 valence electrons. The SMILES string of the molecule is COC(=O)c1noc2cc(N)ccc12.COC(=O)c1noc2cc([N+](=O)[O-])ccc12.[Zn]. The average Bonchev–Trinajstić information content (AvgIpc) is 3.36. The number of nitro groups is 1. The second-order valence-corrected chi connectivity index (χ2v) is 5.74. The fourth-order valence-corrected chi connectivity index (χ4v) is 2.48. The number of rotatable bonds is 3. The van der Waals surface area contributed by atoms with E-state index in [0.29, 0.717) is 22.0 Å². The van der Waals surface area contributed by atoms with Gasteiger partial charge in [0, 0.05) is 37.3 Å². The summed E-state index contributed by atoms with van der Waals surface area (Å²) in [5.74, 6) is -1.17. The van der Waals surface area contributed by atoms with Crippen molar-refractivity contribution in [3.8, 4) is 0 Å². The predicted octanol–water partition coefficient (Wildman–Crippen LogP) is 2.72. The minimum Gasteiger partial charge on any atom is -0.464 e. The van der Waals surface area contributed by atoms with Gasteiger partial charge in [0.05, 0.1) is 36.0 Å². The molecule has 2 aromatic carbocycles. The fourth-order valence-electron chi connectivity index (χ4n) is 2.48. The number of esters is 2. The first-order valence-electron chi connectivity index (χ1n) is 8.21. The van der Waals surface area contributed by atoms with Gasteiger partial charge in [-0.2, -0.15) is 0 Å². The van der Waals surface area contributed by atoms with Crippen LogP contribution >= 0.6 is 0 Å². The van der Waals surface area contributed by atoms with Crippen LogP contribution < -0.4 is 5.73 Å². The molecule has 0 bridgehead atoms. The molecular weight excluding hydrogens is 466 g/mol. The predicted molar refractivity (Wildman–Crippen MR) is 102 cm³/mol. The van der Waals surface area contributed by atoms with Crippen molar-refractivity contribution in [2.45, 2.75) is 0 Å². The summed E-state index contributed by atoms with van der Waals surface area (Å²) in [4.78, 5) is 32.4. The largest absolute Gasteiger partial charge is 0.464 e. The molecule has 0 saturated carbocycles. The summed E-state index contributed by atoms with van der Waals surface area (Å²) < 4.78 is 18.8. The van der Waals surface area contributed by atoms with Crippen molar-refractivity contribution in [3.63, 3.8) is 0 Å². The van der Waals surface area contributed by atoms with Crippen LogP contribution in [0, 0.1) is 10.1 Å². The molecule has 0 aliphatic carbocycles. The molecule has 12 nitrogen and oxygen atoms in total. The van der Waals surface area contributed by atoms with Crippen LogP contribution in [-0.2, 0) is 29.0 Å². The molecule has 0 aliphatic rings. The van der Waals surface area contributed by atoms with Crippen LogP contribution in [0.3, 0.4) is 0 Å². The van der Waals surface area contributed by atoms with E-state index in [9.17, 15) is 19.7 Å². The molecule has 2 heterocycles. The molecule has 13 heteroatoms. The number of non-ortho nitro benzene ring substituents is 1. The number of nitrogen functional groups attached to an aromatic ring is 1. The number of nitrogens with zero attached hydrogens (tertiary/aromatic N) is 3. The Morgan fingerprint density at radius 2 is 1.42 bits per heavy atom. The van der Waals surface area contributed by atoms with Crippen LogP contribution in [0.15, 0.2) is 45.4 Å². The number of anilines is 1. The summed E-state index contributed by atoms with van der Waals surface area (Å²) in [7, 11) is 2.51. The Kier molecular flexibility index (Phi) is 7.38. The van der Waals surface area contributed by atoms with Crippen molar-refractivity contribution in [1.29, 1.82) is 0 Å². The minimum atomic E-state index is -0.646. The van der Waals surface area contributed by atoms with Crippen LogP contribution in [0.1, 0.15) is 21.0 Å². The van der Waals surface area contributed by atoms with Crippen molar-refractivity contribution in [2.24, 2.45) is 0 Å². The van der Waals surface area contributed by atoms with E-state index in [-0.39, 0.29) is 42.1 Å². The van der Waals surface area contributed by atoms with Crippen molar-refractivity contribution in [2.75, 3.05) is 20.0 Å². The van der Waals surface area contributed by atoms with Crippen LogP contribution in [0.2, 0.25) is 0 Å². The third kappa shape index (κ3) is 4.83. The summed E-state index contributed by atoms with van der Waals surface area (Å²) in [6, 6.07) is 8.82. The Morgan fingerprint density at radius 3 is 1.90 bits per heavy atom. The summed E-state index contributed by atoms with van der Waals surface area (Å²) in [5.41, 5.74) is 6.80. The maximum absolute atomic E-state index is 11.2. The molecule has 0 amide bonds. The number of carbonyl (C=O) groups is 2. The molecule has 4 aromatic rings. The van der Waals surface area contributed by atoms with Crippen molar-refractivity contribution >= 4 is 45.3 Å². The maximum Gasteiger partial charge on any atom is 0.360 e. The smallest absolute Gasteiger partial charge is 0.360 e.